The summed E-state index contributed by atoms with van der Waals surface area (Å²) in [5.74, 6) is -1.24. The SMILES string of the molecule is COCCn1c(C)cc(C(=O)COC(=O)c2cc(Br)ccc2O)c1C. The second-order valence-corrected chi connectivity index (χ2v) is 6.51. The van der Waals surface area contributed by atoms with Gasteiger partial charge in [0.2, 0.25) is 5.78 Å². The molecule has 7 heteroatoms. The van der Waals surface area contributed by atoms with Crippen LogP contribution in [0.15, 0.2) is 28.7 Å². The molecule has 1 aromatic heterocycles. The summed E-state index contributed by atoms with van der Waals surface area (Å²) in [5, 5.41) is 9.73. The van der Waals surface area contributed by atoms with Crippen LogP contribution in [0.4, 0.5) is 0 Å². The number of rotatable bonds is 7. The molecular weight excluding hydrogens is 390 g/mol. The van der Waals surface area contributed by atoms with Crippen LogP contribution in [0.25, 0.3) is 0 Å². The molecule has 0 aliphatic heterocycles. The van der Waals surface area contributed by atoms with Gasteiger partial charge in [-0.2, -0.15) is 0 Å². The lowest BCUT2D eigenvalue weighted by atomic mass is 10.1. The number of aromatic hydroxyl groups is 1. The number of nitrogens with zero attached hydrogens (tertiary/aromatic N) is 1. The number of methoxy groups -OCH3 is 1. The number of carbonyl (C=O) groups is 2. The maximum absolute atomic E-state index is 12.4. The normalized spacial score (nSPS) is 10.7. The number of aromatic nitrogens is 1. The van der Waals surface area contributed by atoms with Gasteiger partial charge in [-0.25, -0.2) is 4.79 Å². The van der Waals surface area contributed by atoms with Gasteiger partial charge in [-0.3, -0.25) is 4.79 Å². The Morgan fingerprint density at radius 3 is 2.60 bits per heavy atom. The minimum absolute atomic E-state index is 0.00717. The van der Waals surface area contributed by atoms with Gasteiger partial charge in [0.1, 0.15) is 11.3 Å². The summed E-state index contributed by atoms with van der Waals surface area (Å²) in [6.45, 7) is 4.55. The molecule has 2 aromatic rings. The zero-order chi connectivity index (χ0) is 18.6. The molecule has 0 amide bonds. The summed E-state index contributed by atoms with van der Waals surface area (Å²) in [5.41, 5.74) is 2.27. The maximum Gasteiger partial charge on any atom is 0.342 e. The first kappa shape index (κ1) is 19.2. The van der Waals surface area contributed by atoms with Gasteiger partial charge in [0.15, 0.2) is 6.61 Å². The predicted octanol–water partition coefficient (Wildman–Crippen LogP) is 3.26. The standard InChI is InChI=1S/C18H20BrNO5/c1-11-8-14(12(2)20(11)6-7-24-3)17(22)10-25-18(23)15-9-13(19)4-5-16(15)21/h4-5,8-9,21H,6-7,10H2,1-3H3. The van der Waals surface area contributed by atoms with Gasteiger partial charge in [0.05, 0.1) is 6.61 Å². The molecule has 6 nitrogen and oxygen atoms in total. The van der Waals surface area contributed by atoms with E-state index in [1.165, 1.54) is 12.1 Å². The molecule has 25 heavy (non-hydrogen) atoms. The number of ketones is 1. The van der Waals surface area contributed by atoms with Crippen molar-refractivity contribution in [3.8, 4) is 5.75 Å². The molecule has 0 saturated heterocycles. The lowest BCUT2D eigenvalue weighted by molar-refractivity contribution is 0.0471. The number of phenols is 1. The molecule has 0 bridgehead atoms. The van der Waals surface area contributed by atoms with Crippen molar-refractivity contribution in [3.63, 3.8) is 0 Å². The largest absolute Gasteiger partial charge is 0.507 e. The second kappa shape index (κ2) is 8.31. The number of hydrogen-bond donors (Lipinski definition) is 1. The highest BCUT2D eigenvalue weighted by Gasteiger charge is 2.19. The number of carbonyl (C=O) groups excluding carboxylic acids is 2. The number of phenolic OH excluding ortho intramolecular Hbond substituents is 1. The molecule has 0 atom stereocenters. The van der Waals surface area contributed by atoms with Gasteiger partial charge in [-0.05, 0) is 38.1 Å². The van der Waals surface area contributed by atoms with E-state index in [4.69, 9.17) is 9.47 Å². The molecule has 0 saturated carbocycles. The fraction of sp³-hybridized carbons (Fsp3) is 0.333. The van der Waals surface area contributed by atoms with Crippen LogP contribution in [0.2, 0.25) is 0 Å². The number of halogens is 1. The zero-order valence-electron chi connectivity index (χ0n) is 14.3. The van der Waals surface area contributed by atoms with Crippen LogP contribution in [0, 0.1) is 13.8 Å². The van der Waals surface area contributed by atoms with E-state index in [-0.39, 0.29) is 23.7 Å². The van der Waals surface area contributed by atoms with E-state index in [1.807, 2.05) is 18.4 Å². The number of esters is 1. The number of hydrogen-bond acceptors (Lipinski definition) is 5. The Morgan fingerprint density at radius 1 is 1.20 bits per heavy atom. The average molecular weight is 410 g/mol. The van der Waals surface area contributed by atoms with Crippen molar-refractivity contribution in [1.82, 2.24) is 4.57 Å². The Labute approximate surface area is 154 Å². The van der Waals surface area contributed by atoms with E-state index in [2.05, 4.69) is 15.9 Å². The topological polar surface area (TPSA) is 77.8 Å². The number of Topliss-reactive ketones (excluding diaryl/α,β-unsaturated/α-hetero) is 1. The average Bonchev–Trinajstić information content (AvgIpc) is 2.87. The van der Waals surface area contributed by atoms with Crippen LogP contribution in [-0.4, -0.2) is 41.7 Å². The lowest BCUT2D eigenvalue weighted by Gasteiger charge is -2.09. The van der Waals surface area contributed by atoms with Gasteiger partial charge in [-0.15, -0.1) is 0 Å². The van der Waals surface area contributed by atoms with E-state index >= 15 is 0 Å². The van der Waals surface area contributed by atoms with E-state index < -0.39 is 5.97 Å². The quantitative estimate of drug-likeness (QED) is 0.560. The Morgan fingerprint density at radius 2 is 1.92 bits per heavy atom. The van der Waals surface area contributed by atoms with E-state index in [9.17, 15) is 14.7 Å². The molecule has 1 N–H and O–H groups in total. The monoisotopic (exact) mass is 409 g/mol. The highest BCUT2D eigenvalue weighted by atomic mass is 79.9. The third kappa shape index (κ3) is 4.49. The van der Waals surface area contributed by atoms with Crippen LogP contribution >= 0.6 is 15.9 Å². The summed E-state index contributed by atoms with van der Waals surface area (Å²) in [6.07, 6.45) is 0. The van der Waals surface area contributed by atoms with Gasteiger partial charge in [0, 0.05) is 35.1 Å². The van der Waals surface area contributed by atoms with Crippen LogP contribution in [0.5, 0.6) is 5.75 Å². The molecule has 0 radical (unpaired) electrons. The minimum atomic E-state index is -0.750. The van der Waals surface area contributed by atoms with Crippen molar-refractivity contribution in [2.75, 3.05) is 20.3 Å². The summed E-state index contributed by atoms with van der Waals surface area (Å²) < 4.78 is 12.7. The molecule has 0 aliphatic rings. The first-order valence-electron chi connectivity index (χ1n) is 7.69. The first-order valence-corrected chi connectivity index (χ1v) is 8.49. The Kier molecular flexibility index (Phi) is 6.39. The third-order valence-corrected chi connectivity index (χ3v) is 4.40. The summed E-state index contributed by atoms with van der Waals surface area (Å²) >= 11 is 3.22. The molecule has 0 aliphatic carbocycles. The summed E-state index contributed by atoms with van der Waals surface area (Å²) in [4.78, 5) is 24.5. The van der Waals surface area contributed by atoms with Crippen molar-refractivity contribution in [3.05, 3.63) is 51.3 Å². The van der Waals surface area contributed by atoms with Crippen LogP contribution < -0.4 is 0 Å². The van der Waals surface area contributed by atoms with Gasteiger partial charge in [-0.1, -0.05) is 15.9 Å². The molecule has 0 unspecified atom stereocenters. The van der Waals surface area contributed by atoms with Crippen molar-refractivity contribution < 1.29 is 24.2 Å². The molecule has 1 heterocycles. The zero-order valence-corrected chi connectivity index (χ0v) is 15.9. The Hall–Kier alpha value is -2.12. The van der Waals surface area contributed by atoms with Crippen molar-refractivity contribution in [2.45, 2.75) is 20.4 Å². The van der Waals surface area contributed by atoms with Crippen molar-refractivity contribution >= 4 is 27.7 Å². The first-order chi connectivity index (χ1) is 11.8. The second-order valence-electron chi connectivity index (χ2n) is 5.59. The van der Waals surface area contributed by atoms with Crippen molar-refractivity contribution in [1.29, 1.82) is 0 Å². The smallest absolute Gasteiger partial charge is 0.342 e. The number of ether oxygens (including phenoxy) is 2. The van der Waals surface area contributed by atoms with Crippen molar-refractivity contribution in [2.24, 2.45) is 0 Å². The Balaban J connectivity index is 2.07. The molecule has 0 fully saturated rings. The fourth-order valence-electron chi connectivity index (χ4n) is 2.57. The van der Waals surface area contributed by atoms with Gasteiger partial charge >= 0.3 is 5.97 Å². The molecule has 2 rings (SSSR count). The summed E-state index contributed by atoms with van der Waals surface area (Å²) in [7, 11) is 1.62. The van der Waals surface area contributed by atoms with E-state index in [0.29, 0.717) is 23.2 Å². The molecule has 1 aromatic carbocycles. The van der Waals surface area contributed by atoms with Crippen LogP contribution in [0.3, 0.4) is 0 Å². The molecular formula is C18H20BrNO5. The highest BCUT2D eigenvalue weighted by molar-refractivity contribution is 9.10. The fourth-order valence-corrected chi connectivity index (χ4v) is 2.93. The number of benzene rings is 1. The summed E-state index contributed by atoms with van der Waals surface area (Å²) in [6, 6.07) is 6.20. The highest BCUT2D eigenvalue weighted by Crippen LogP contribution is 2.23. The number of aryl methyl sites for hydroxylation is 1. The van der Waals surface area contributed by atoms with Crippen LogP contribution in [-0.2, 0) is 16.0 Å². The molecule has 0 spiro atoms. The van der Waals surface area contributed by atoms with E-state index in [1.54, 1.807) is 19.2 Å². The van der Waals surface area contributed by atoms with Crippen LogP contribution in [0.1, 0.15) is 32.1 Å². The maximum atomic E-state index is 12.4. The van der Waals surface area contributed by atoms with E-state index in [0.717, 1.165) is 11.4 Å². The Bertz CT molecular complexity index is 797. The van der Waals surface area contributed by atoms with Gasteiger partial charge < -0.3 is 19.1 Å². The van der Waals surface area contributed by atoms with Gasteiger partial charge in [0.25, 0.3) is 0 Å². The molecule has 134 valence electrons. The predicted molar refractivity (Wildman–Crippen MR) is 96.2 cm³/mol. The lowest BCUT2D eigenvalue weighted by Crippen LogP contribution is -2.15. The third-order valence-electron chi connectivity index (χ3n) is 3.91. The minimum Gasteiger partial charge on any atom is -0.507 e.